The molecule has 0 spiro atoms. The van der Waals surface area contributed by atoms with E-state index in [1.807, 2.05) is 0 Å². The van der Waals surface area contributed by atoms with Gasteiger partial charge in [0.15, 0.2) is 0 Å². The molecular formula is C10H23NO2S. The first-order valence-electron chi connectivity index (χ1n) is 5.24. The average Bonchev–Trinajstić information content (AvgIpc) is 1.95. The standard InChI is InChI=1S/C10H23NO2S/c1-9(2)8-10(11)6-4-5-7-14(3,12)13/h9-10H,4-8,11H2,1-3H3. The van der Waals surface area contributed by atoms with Crippen LogP contribution in [0, 0.1) is 5.92 Å². The van der Waals surface area contributed by atoms with Crippen LogP contribution >= 0.6 is 0 Å². The molecule has 1 unspecified atom stereocenters. The third kappa shape index (κ3) is 9.99. The van der Waals surface area contributed by atoms with Crippen LogP contribution in [-0.4, -0.2) is 26.5 Å². The molecule has 0 fully saturated rings. The predicted octanol–water partition coefficient (Wildman–Crippen LogP) is 1.57. The largest absolute Gasteiger partial charge is 0.328 e. The molecule has 0 rings (SSSR count). The Balaban J connectivity index is 3.45. The maximum absolute atomic E-state index is 10.8. The Morgan fingerprint density at radius 1 is 1.21 bits per heavy atom. The fraction of sp³-hybridized carbons (Fsp3) is 1.00. The Labute approximate surface area is 88.0 Å². The molecule has 3 nitrogen and oxygen atoms in total. The van der Waals surface area contributed by atoms with Crippen molar-refractivity contribution in [3.63, 3.8) is 0 Å². The van der Waals surface area contributed by atoms with Crippen molar-refractivity contribution in [2.75, 3.05) is 12.0 Å². The Hall–Kier alpha value is -0.0900. The number of hydrogen-bond donors (Lipinski definition) is 1. The molecule has 0 aromatic carbocycles. The lowest BCUT2D eigenvalue weighted by molar-refractivity contribution is 0.461. The maximum atomic E-state index is 10.8. The monoisotopic (exact) mass is 221 g/mol. The van der Waals surface area contributed by atoms with E-state index in [0.29, 0.717) is 11.7 Å². The van der Waals surface area contributed by atoms with Gasteiger partial charge in [0.2, 0.25) is 0 Å². The minimum atomic E-state index is -2.79. The minimum Gasteiger partial charge on any atom is -0.328 e. The van der Waals surface area contributed by atoms with Crippen molar-refractivity contribution in [1.29, 1.82) is 0 Å². The molecule has 0 aromatic heterocycles. The predicted molar refractivity (Wildman–Crippen MR) is 61.0 cm³/mol. The van der Waals surface area contributed by atoms with Gasteiger partial charge in [0.25, 0.3) is 0 Å². The second kappa shape index (κ2) is 6.40. The molecule has 86 valence electrons. The summed E-state index contributed by atoms with van der Waals surface area (Å²) in [4.78, 5) is 0. The first kappa shape index (κ1) is 13.9. The highest BCUT2D eigenvalue weighted by Crippen LogP contribution is 2.09. The second-order valence-corrected chi connectivity index (χ2v) is 6.78. The van der Waals surface area contributed by atoms with Crippen molar-refractivity contribution in [2.24, 2.45) is 11.7 Å². The van der Waals surface area contributed by atoms with Gasteiger partial charge >= 0.3 is 0 Å². The zero-order chi connectivity index (χ0) is 11.2. The maximum Gasteiger partial charge on any atom is 0.147 e. The van der Waals surface area contributed by atoms with Crippen LogP contribution in [0.4, 0.5) is 0 Å². The Kier molecular flexibility index (Phi) is 6.36. The molecule has 0 aliphatic rings. The highest BCUT2D eigenvalue weighted by molar-refractivity contribution is 7.90. The van der Waals surface area contributed by atoms with Gasteiger partial charge in [0, 0.05) is 18.1 Å². The first-order valence-corrected chi connectivity index (χ1v) is 7.30. The molecule has 0 saturated carbocycles. The van der Waals surface area contributed by atoms with Gasteiger partial charge in [-0.25, -0.2) is 8.42 Å². The lowest BCUT2D eigenvalue weighted by atomic mass is 10.0. The normalized spacial score (nSPS) is 14.6. The van der Waals surface area contributed by atoms with Crippen molar-refractivity contribution in [1.82, 2.24) is 0 Å². The van der Waals surface area contributed by atoms with E-state index in [1.54, 1.807) is 0 Å². The average molecular weight is 221 g/mol. The van der Waals surface area contributed by atoms with Crippen molar-refractivity contribution >= 4 is 9.84 Å². The molecule has 0 aliphatic carbocycles. The summed E-state index contributed by atoms with van der Waals surface area (Å²) in [7, 11) is -2.79. The molecular weight excluding hydrogens is 198 g/mol. The van der Waals surface area contributed by atoms with Crippen LogP contribution in [0.15, 0.2) is 0 Å². The molecule has 2 N–H and O–H groups in total. The Bertz CT molecular complexity index is 235. The highest BCUT2D eigenvalue weighted by atomic mass is 32.2. The number of rotatable bonds is 7. The van der Waals surface area contributed by atoms with Gasteiger partial charge in [-0.3, -0.25) is 0 Å². The van der Waals surface area contributed by atoms with E-state index in [1.165, 1.54) is 6.26 Å². The summed E-state index contributed by atoms with van der Waals surface area (Å²) in [5, 5.41) is 0. The molecule has 0 amide bonds. The Morgan fingerprint density at radius 2 is 1.79 bits per heavy atom. The summed E-state index contributed by atoms with van der Waals surface area (Å²) in [6.07, 6.45) is 4.90. The third-order valence-electron chi connectivity index (χ3n) is 2.11. The van der Waals surface area contributed by atoms with Gasteiger partial charge in [-0.1, -0.05) is 20.3 Å². The van der Waals surface area contributed by atoms with Crippen LogP contribution in [-0.2, 0) is 9.84 Å². The van der Waals surface area contributed by atoms with E-state index < -0.39 is 9.84 Å². The summed E-state index contributed by atoms with van der Waals surface area (Å²) in [6.45, 7) is 4.30. The lowest BCUT2D eigenvalue weighted by Crippen LogP contribution is -2.22. The molecule has 0 bridgehead atoms. The van der Waals surface area contributed by atoms with Crippen LogP contribution in [0.5, 0.6) is 0 Å². The number of sulfone groups is 1. The summed E-state index contributed by atoms with van der Waals surface area (Å²) < 4.78 is 21.6. The zero-order valence-electron chi connectivity index (χ0n) is 9.49. The minimum absolute atomic E-state index is 0.231. The highest BCUT2D eigenvalue weighted by Gasteiger charge is 2.06. The van der Waals surface area contributed by atoms with Crippen molar-refractivity contribution in [3.05, 3.63) is 0 Å². The van der Waals surface area contributed by atoms with Crippen LogP contribution in [0.2, 0.25) is 0 Å². The van der Waals surface area contributed by atoms with Crippen molar-refractivity contribution in [2.45, 2.75) is 45.6 Å². The SMILES string of the molecule is CC(C)CC(N)CCCCS(C)(=O)=O. The van der Waals surface area contributed by atoms with E-state index in [-0.39, 0.29) is 6.04 Å². The first-order chi connectivity index (χ1) is 6.31. The molecule has 0 radical (unpaired) electrons. The van der Waals surface area contributed by atoms with Gasteiger partial charge in [-0.2, -0.15) is 0 Å². The van der Waals surface area contributed by atoms with Gasteiger partial charge in [0.1, 0.15) is 9.84 Å². The third-order valence-corrected chi connectivity index (χ3v) is 3.14. The summed E-state index contributed by atoms with van der Waals surface area (Å²) in [5.41, 5.74) is 5.88. The van der Waals surface area contributed by atoms with Gasteiger partial charge < -0.3 is 5.73 Å². The van der Waals surface area contributed by atoms with E-state index >= 15 is 0 Å². The molecule has 14 heavy (non-hydrogen) atoms. The van der Waals surface area contributed by atoms with Crippen LogP contribution in [0.25, 0.3) is 0 Å². The smallest absolute Gasteiger partial charge is 0.147 e. The Morgan fingerprint density at radius 3 is 2.21 bits per heavy atom. The van der Waals surface area contributed by atoms with E-state index in [2.05, 4.69) is 13.8 Å². The van der Waals surface area contributed by atoms with Crippen molar-refractivity contribution in [3.8, 4) is 0 Å². The van der Waals surface area contributed by atoms with Gasteiger partial charge in [0.05, 0.1) is 0 Å². The molecule has 0 aliphatic heterocycles. The summed E-state index contributed by atoms with van der Waals surface area (Å²) in [5.74, 6) is 0.918. The fourth-order valence-electron chi connectivity index (χ4n) is 1.49. The number of hydrogen-bond acceptors (Lipinski definition) is 3. The quantitative estimate of drug-likeness (QED) is 0.664. The second-order valence-electron chi connectivity index (χ2n) is 4.52. The van der Waals surface area contributed by atoms with Gasteiger partial charge in [-0.15, -0.1) is 0 Å². The van der Waals surface area contributed by atoms with Crippen LogP contribution < -0.4 is 5.73 Å². The zero-order valence-corrected chi connectivity index (χ0v) is 10.3. The molecule has 0 aromatic rings. The molecule has 0 heterocycles. The van der Waals surface area contributed by atoms with Crippen LogP contribution in [0.1, 0.15) is 39.5 Å². The molecule has 4 heteroatoms. The van der Waals surface area contributed by atoms with Crippen molar-refractivity contribution < 1.29 is 8.42 Å². The van der Waals surface area contributed by atoms with E-state index in [0.717, 1.165) is 25.7 Å². The molecule has 1 atom stereocenters. The summed E-state index contributed by atoms with van der Waals surface area (Å²) in [6, 6.07) is 0.231. The molecule has 0 saturated heterocycles. The topological polar surface area (TPSA) is 60.2 Å². The summed E-state index contributed by atoms with van der Waals surface area (Å²) >= 11 is 0. The number of nitrogens with two attached hydrogens (primary N) is 1. The van der Waals surface area contributed by atoms with E-state index in [9.17, 15) is 8.42 Å². The number of unbranched alkanes of at least 4 members (excludes halogenated alkanes) is 1. The van der Waals surface area contributed by atoms with Crippen LogP contribution in [0.3, 0.4) is 0 Å². The van der Waals surface area contributed by atoms with E-state index in [4.69, 9.17) is 5.73 Å². The fourth-order valence-corrected chi connectivity index (χ4v) is 2.22. The lowest BCUT2D eigenvalue weighted by Gasteiger charge is -2.13. The van der Waals surface area contributed by atoms with Gasteiger partial charge in [-0.05, 0) is 25.2 Å².